The van der Waals surface area contributed by atoms with Crippen LogP contribution in [-0.2, 0) is 0 Å². The minimum Gasteiger partial charge on any atom is -0.372 e. The van der Waals surface area contributed by atoms with Crippen molar-refractivity contribution in [1.82, 2.24) is 0 Å². The van der Waals surface area contributed by atoms with Crippen molar-refractivity contribution < 1.29 is 8.78 Å². The second-order valence-electron chi connectivity index (χ2n) is 4.76. The van der Waals surface area contributed by atoms with E-state index in [9.17, 15) is 8.78 Å². The number of nitrogens with one attached hydrogen (secondary N) is 1. The molecule has 2 aromatic rings. The molecule has 1 N–H and O–H groups in total. The van der Waals surface area contributed by atoms with Crippen molar-refractivity contribution in [2.75, 3.05) is 23.4 Å². The first-order valence-electron chi connectivity index (χ1n) is 7.23. The number of hydrazone groups is 1. The third-order valence-corrected chi connectivity index (χ3v) is 3.35. The van der Waals surface area contributed by atoms with Gasteiger partial charge in [0.25, 0.3) is 0 Å². The van der Waals surface area contributed by atoms with Crippen molar-refractivity contribution in [3.05, 3.63) is 59.7 Å². The van der Waals surface area contributed by atoms with E-state index in [0.29, 0.717) is 0 Å². The van der Waals surface area contributed by atoms with Gasteiger partial charge in [0.1, 0.15) is 5.82 Å². The van der Waals surface area contributed by atoms with E-state index < -0.39 is 11.6 Å². The van der Waals surface area contributed by atoms with Crippen molar-refractivity contribution in [2.45, 2.75) is 13.8 Å². The molecule has 0 saturated heterocycles. The maximum Gasteiger partial charge on any atom is 0.151 e. The Morgan fingerprint density at radius 1 is 1.05 bits per heavy atom. The predicted molar refractivity (Wildman–Crippen MR) is 87.6 cm³/mol. The first kappa shape index (κ1) is 15.9. The molecule has 0 amide bonds. The minimum absolute atomic E-state index is 0.136. The van der Waals surface area contributed by atoms with Crippen LogP contribution in [0.2, 0.25) is 0 Å². The molecule has 0 heterocycles. The van der Waals surface area contributed by atoms with Crippen LogP contribution in [0.3, 0.4) is 0 Å². The van der Waals surface area contributed by atoms with E-state index in [1.807, 2.05) is 24.3 Å². The molecule has 0 radical (unpaired) electrons. The quantitative estimate of drug-likeness (QED) is 0.638. The van der Waals surface area contributed by atoms with E-state index in [1.54, 1.807) is 6.21 Å². The van der Waals surface area contributed by atoms with E-state index in [0.717, 1.165) is 30.4 Å². The van der Waals surface area contributed by atoms with Gasteiger partial charge in [0, 0.05) is 24.8 Å². The maximum absolute atomic E-state index is 13.4. The van der Waals surface area contributed by atoms with Crippen LogP contribution in [0.4, 0.5) is 20.2 Å². The molecule has 0 aliphatic carbocycles. The Hall–Kier alpha value is -2.43. The summed E-state index contributed by atoms with van der Waals surface area (Å²) in [4.78, 5) is 2.24. The molecule has 0 aromatic heterocycles. The first-order chi connectivity index (χ1) is 10.6. The van der Waals surface area contributed by atoms with Crippen LogP contribution in [0.5, 0.6) is 0 Å². The number of hydrogen-bond donors (Lipinski definition) is 1. The van der Waals surface area contributed by atoms with Gasteiger partial charge in [-0.05, 0) is 43.7 Å². The molecule has 0 aliphatic heterocycles. The van der Waals surface area contributed by atoms with Gasteiger partial charge < -0.3 is 4.90 Å². The van der Waals surface area contributed by atoms with Crippen LogP contribution in [0, 0.1) is 11.6 Å². The monoisotopic (exact) mass is 303 g/mol. The number of anilines is 2. The van der Waals surface area contributed by atoms with Gasteiger partial charge in [-0.3, -0.25) is 5.43 Å². The van der Waals surface area contributed by atoms with E-state index in [1.165, 1.54) is 12.1 Å². The summed E-state index contributed by atoms with van der Waals surface area (Å²) in [6.45, 7) is 6.13. The molecule has 22 heavy (non-hydrogen) atoms. The Morgan fingerprint density at radius 3 is 2.32 bits per heavy atom. The molecule has 0 atom stereocenters. The van der Waals surface area contributed by atoms with Crippen molar-refractivity contribution >= 4 is 17.6 Å². The molecule has 5 heteroatoms. The van der Waals surface area contributed by atoms with E-state index in [2.05, 4.69) is 29.3 Å². The number of hydrogen-bond acceptors (Lipinski definition) is 3. The van der Waals surface area contributed by atoms with Crippen molar-refractivity contribution in [3.8, 4) is 0 Å². The second kappa shape index (κ2) is 7.54. The van der Waals surface area contributed by atoms with Gasteiger partial charge in [0.05, 0.1) is 11.9 Å². The summed E-state index contributed by atoms with van der Waals surface area (Å²) in [5, 5.41) is 3.97. The Morgan fingerprint density at radius 2 is 1.73 bits per heavy atom. The van der Waals surface area contributed by atoms with E-state index in [-0.39, 0.29) is 5.69 Å². The standard InChI is InChI=1S/C17H19F2N3/c1-3-22(4-2)15-8-5-13(6-9-15)12-20-21-17-10-7-14(18)11-16(17)19/h5-12,21H,3-4H2,1-2H3/b20-12-. The zero-order valence-corrected chi connectivity index (χ0v) is 12.7. The topological polar surface area (TPSA) is 27.6 Å². The normalized spacial score (nSPS) is 10.9. The predicted octanol–water partition coefficient (Wildman–Crippen LogP) is 4.26. The SMILES string of the molecule is CCN(CC)c1ccc(/C=N\Nc2ccc(F)cc2F)cc1. The molecule has 0 saturated carbocycles. The lowest BCUT2D eigenvalue weighted by Gasteiger charge is -2.20. The Bertz CT molecular complexity index is 635. The summed E-state index contributed by atoms with van der Waals surface area (Å²) in [5.74, 6) is -1.28. The second-order valence-corrected chi connectivity index (χ2v) is 4.76. The number of nitrogens with zero attached hydrogens (tertiary/aromatic N) is 2. The zero-order chi connectivity index (χ0) is 15.9. The molecule has 0 bridgehead atoms. The summed E-state index contributed by atoms with van der Waals surface area (Å²) in [6, 6.07) is 11.2. The summed E-state index contributed by atoms with van der Waals surface area (Å²) in [6.07, 6.45) is 1.59. The lowest BCUT2D eigenvalue weighted by atomic mass is 10.2. The van der Waals surface area contributed by atoms with E-state index >= 15 is 0 Å². The molecule has 0 fully saturated rings. The van der Waals surface area contributed by atoms with Gasteiger partial charge in [0.15, 0.2) is 5.82 Å². The summed E-state index contributed by atoms with van der Waals surface area (Å²) < 4.78 is 26.2. The lowest BCUT2D eigenvalue weighted by molar-refractivity contribution is 0.585. The highest BCUT2D eigenvalue weighted by molar-refractivity contribution is 5.81. The van der Waals surface area contributed by atoms with Gasteiger partial charge >= 0.3 is 0 Å². The number of halogens is 2. The molecule has 0 aliphatic rings. The maximum atomic E-state index is 13.4. The largest absolute Gasteiger partial charge is 0.372 e. The van der Waals surface area contributed by atoms with E-state index in [4.69, 9.17) is 0 Å². The van der Waals surface area contributed by atoms with Crippen molar-refractivity contribution in [1.29, 1.82) is 0 Å². The molecular weight excluding hydrogens is 284 g/mol. The Kier molecular flexibility index (Phi) is 5.47. The van der Waals surface area contributed by atoms with Crippen LogP contribution < -0.4 is 10.3 Å². The Balaban J connectivity index is 2.01. The van der Waals surface area contributed by atoms with Gasteiger partial charge in [-0.1, -0.05) is 12.1 Å². The summed E-state index contributed by atoms with van der Waals surface area (Å²) >= 11 is 0. The smallest absolute Gasteiger partial charge is 0.151 e. The average Bonchev–Trinajstić information content (AvgIpc) is 2.52. The molecule has 3 nitrogen and oxygen atoms in total. The van der Waals surface area contributed by atoms with Crippen molar-refractivity contribution in [3.63, 3.8) is 0 Å². The third-order valence-electron chi connectivity index (χ3n) is 3.35. The first-order valence-corrected chi connectivity index (χ1v) is 7.23. The van der Waals surface area contributed by atoms with Crippen LogP contribution in [0.1, 0.15) is 19.4 Å². The molecule has 0 unspecified atom stereocenters. The summed E-state index contributed by atoms with van der Waals surface area (Å²) in [5.41, 5.74) is 4.75. The van der Waals surface area contributed by atoms with Crippen LogP contribution in [0.25, 0.3) is 0 Å². The zero-order valence-electron chi connectivity index (χ0n) is 12.7. The third kappa shape index (κ3) is 4.04. The fourth-order valence-electron chi connectivity index (χ4n) is 2.12. The molecule has 0 spiro atoms. The van der Waals surface area contributed by atoms with Crippen molar-refractivity contribution in [2.24, 2.45) is 5.10 Å². The number of rotatable bonds is 6. The average molecular weight is 303 g/mol. The van der Waals surface area contributed by atoms with Gasteiger partial charge in [-0.2, -0.15) is 5.10 Å². The minimum atomic E-state index is -0.672. The highest BCUT2D eigenvalue weighted by Gasteiger charge is 2.02. The molecule has 2 rings (SSSR count). The van der Waals surface area contributed by atoms with Crippen LogP contribution >= 0.6 is 0 Å². The molecular formula is C17H19F2N3. The van der Waals surface area contributed by atoms with Crippen LogP contribution in [-0.4, -0.2) is 19.3 Å². The molecule has 2 aromatic carbocycles. The fourth-order valence-corrected chi connectivity index (χ4v) is 2.12. The van der Waals surface area contributed by atoms with Gasteiger partial charge in [0.2, 0.25) is 0 Å². The highest BCUT2D eigenvalue weighted by Crippen LogP contribution is 2.16. The lowest BCUT2D eigenvalue weighted by Crippen LogP contribution is -2.21. The van der Waals surface area contributed by atoms with Gasteiger partial charge in [-0.25, -0.2) is 8.78 Å². The van der Waals surface area contributed by atoms with Gasteiger partial charge in [-0.15, -0.1) is 0 Å². The highest BCUT2D eigenvalue weighted by atomic mass is 19.1. The molecule has 116 valence electrons. The Labute approximate surface area is 129 Å². The number of benzene rings is 2. The van der Waals surface area contributed by atoms with Crippen LogP contribution in [0.15, 0.2) is 47.6 Å². The fraction of sp³-hybridized carbons (Fsp3) is 0.235. The summed E-state index contributed by atoms with van der Waals surface area (Å²) in [7, 11) is 0.